The molecule has 0 saturated heterocycles. The van der Waals surface area contributed by atoms with Crippen LogP contribution in [-0.2, 0) is 17.5 Å². The highest BCUT2D eigenvalue weighted by atomic mass is 19.4. The third-order valence-corrected chi connectivity index (χ3v) is 2.74. The second-order valence-corrected chi connectivity index (χ2v) is 4.26. The number of pyridine rings is 1. The molecule has 2 heterocycles. The molecule has 0 bridgehead atoms. The van der Waals surface area contributed by atoms with E-state index in [2.05, 4.69) is 9.89 Å². The molecule has 22 heavy (non-hydrogen) atoms. The predicted octanol–water partition coefficient (Wildman–Crippen LogP) is 2.08. The first-order valence-electron chi connectivity index (χ1n) is 6.21. The van der Waals surface area contributed by atoms with Gasteiger partial charge in [0, 0.05) is 18.3 Å². The Bertz CT molecular complexity index is 720. The Morgan fingerprint density at radius 1 is 1.45 bits per heavy atom. The van der Waals surface area contributed by atoms with Crippen LogP contribution in [0.5, 0.6) is 0 Å². The molecule has 0 radical (unpaired) electrons. The molecule has 2 aromatic rings. The fourth-order valence-electron chi connectivity index (χ4n) is 1.79. The summed E-state index contributed by atoms with van der Waals surface area (Å²) in [5, 5.41) is 3.43. The van der Waals surface area contributed by atoms with Crippen LogP contribution in [0.2, 0.25) is 0 Å². The summed E-state index contributed by atoms with van der Waals surface area (Å²) < 4.78 is 49.2. The van der Waals surface area contributed by atoms with Crippen molar-refractivity contribution in [2.45, 2.75) is 19.6 Å². The molecule has 0 unspecified atom stereocenters. The Hall–Kier alpha value is -2.58. The number of carbonyl (C=O) groups excluding carboxylic acids is 1. The van der Waals surface area contributed by atoms with Crippen molar-refractivity contribution >= 4 is 5.97 Å². The summed E-state index contributed by atoms with van der Waals surface area (Å²) in [5.74, 6) is -0.891. The van der Waals surface area contributed by atoms with E-state index in [1.807, 2.05) is 0 Å². The van der Waals surface area contributed by atoms with Crippen molar-refractivity contribution in [3.05, 3.63) is 51.8 Å². The minimum atomic E-state index is -4.84. The summed E-state index contributed by atoms with van der Waals surface area (Å²) in [7, 11) is 0. The average molecular weight is 316 g/mol. The second kappa shape index (κ2) is 6.04. The number of hydrogen-bond acceptors (Lipinski definition) is 5. The summed E-state index contributed by atoms with van der Waals surface area (Å²) in [6.45, 7) is 1.23. The van der Waals surface area contributed by atoms with E-state index in [1.54, 1.807) is 0 Å². The van der Waals surface area contributed by atoms with Crippen molar-refractivity contribution in [1.29, 1.82) is 0 Å². The van der Waals surface area contributed by atoms with Crippen LogP contribution >= 0.6 is 0 Å². The van der Waals surface area contributed by atoms with Gasteiger partial charge in [-0.2, -0.15) is 13.2 Å². The zero-order valence-corrected chi connectivity index (χ0v) is 11.4. The van der Waals surface area contributed by atoms with Crippen molar-refractivity contribution in [1.82, 2.24) is 9.72 Å². The zero-order valence-electron chi connectivity index (χ0n) is 11.4. The van der Waals surface area contributed by atoms with Crippen LogP contribution in [0.4, 0.5) is 13.2 Å². The molecule has 2 aromatic heterocycles. The first-order chi connectivity index (χ1) is 10.3. The van der Waals surface area contributed by atoms with E-state index in [1.165, 1.54) is 19.2 Å². The molecule has 2 rings (SSSR count). The standard InChI is InChI=1S/C13H11F3N2O4/c1-2-21-12(20)9-7-18(6-8-3-4-17-22-8)11(19)5-10(9)13(14,15)16/h3-5,7H,2,6H2,1H3. The minimum absolute atomic E-state index is 0.0860. The fourth-order valence-corrected chi connectivity index (χ4v) is 1.79. The molecule has 0 spiro atoms. The van der Waals surface area contributed by atoms with Crippen LogP contribution in [0.25, 0.3) is 0 Å². The van der Waals surface area contributed by atoms with Crippen molar-refractivity contribution in [3.8, 4) is 0 Å². The number of hydrogen-bond donors (Lipinski definition) is 0. The smallest absolute Gasteiger partial charge is 0.417 e. The Morgan fingerprint density at radius 3 is 2.73 bits per heavy atom. The number of alkyl halides is 3. The Balaban J connectivity index is 2.52. The monoisotopic (exact) mass is 316 g/mol. The Kier molecular flexibility index (Phi) is 4.34. The number of rotatable bonds is 4. The van der Waals surface area contributed by atoms with Crippen molar-refractivity contribution in [3.63, 3.8) is 0 Å². The highest BCUT2D eigenvalue weighted by molar-refractivity contribution is 5.91. The molecule has 0 aliphatic rings. The van der Waals surface area contributed by atoms with E-state index in [0.717, 1.165) is 10.8 Å². The summed E-state index contributed by atoms with van der Waals surface area (Å²) in [5.41, 5.74) is -2.98. The SMILES string of the molecule is CCOC(=O)c1cn(Cc2ccno2)c(=O)cc1C(F)(F)F. The van der Waals surface area contributed by atoms with E-state index >= 15 is 0 Å². The molecule has 0 aliphatic carbocycles. The second-order valence-electron chi connectivity index (χ2n) is 4.26. The van der Waals surface area contributed by atoms with Gasteiger partial charge in [0.25, 0.3) is 5.56 Å². The van der Waals surface area contributed by atoms with Crippen LogP contribution in [-0.4, -0.2) is 22.3 Å². The third kappa shape index (κ3) is 3.35. The maximum atomic E-state index is 13.0. The summed E-state index contributed by atoms with van der Waals surface area (Å²) in [6.07, 6.45) is -2.70. The molecular formula is C13H11F3N2O4. The van der Waals surface area contributed by atoms with E-state index in [0.29, 0.717) is 6.07 Å². The van der Waals surface area contributed by atoms with Gasteiger partial charge in [-0.1, -0.05) is 5.16 Å². The normalized spacial score (nSPS) is 11.5. The topological polar surface area (TPSA) is 74.3 Å². The maximum absolute atomic E-state index is 13.0. The molecule has 0 aromatic carbocycles. The minimum Gasteiger partial charge on any atom is -0.462 e. The number of esters is 1. The van der Waals surface area contributed by atoms with Crippen molar-refractivity contribution < 1.29 is 27.2 Å². The van der Waals surface area contributed by atoms with Crippen LogP contribution in [0.3, 0.4) is 0 Å². The fraction of sp³-hybridized carbons (Fsp3) is 0.308. The molecule has 6 nitrogen and oxygen atoms in total. The van der Waals surface area contributed by atoms with Gasteiger partial charge < -0.3 is 13.8 Å². The molecule has 0 aliphatic heterocycles. The third-order valence-electron chi connectivity index (χ3n) is 2.74. The van der Waals surface area contributed by atoms with Gasteiger partial charge in [0.05, 0.1) is 30.5 Å². The molecule has 0 amide bonds. The highest BCUT2D eigenvalue weighted by Gasteiger charge is 2.36. The van der Waals surface area contributed by atoms with Crippen molar-refractivity contribution in [2.24, 2.45) is 0 Å². The van der Waals surface area contributed by atoms with Gasteiger partial charge in [-0.05, 0) is 6.92 Å². The lowest BCUT2D eigenvalue weighted by molar-refractivity contribution is -0.138. The van der Waals surface area contributed by atoms with Gasteiger partial charge >= 0.3 is 12.1 Å². The lowest BCUT2D eigenvalue weighted by Crippen LogP contribution is -2.26. The van der Waals surface area contributed by atoms with Gasteiger partial charge in [-0.3, -0.25) is 4.79 Å². The van der Waals surface area contributed by atoms with E-state index in [9.17, 15) is 22.8 Å². The largest absolute Gasteiger partial charge is 0.462 e. The number of carbonyl (C=O) groups is 1. The maximum Gasteiger partial charge on any atom is 0.417 e. The number of ether oxygens (including phenoxy) is 1. The summed E-state index contributed by atoms with van der Waals surface area (Å²) in [4.78, 5) is 23.5. The van der Waals surface area contributed by atoms with Gasteiger partial charge in [-0.15, -0.1) is 0 Å². The van der Waals surface area contributed by atoms with Gasteiger partial charge in [0.15, 0.2) is 5.76 Å². The quantitative estimate of drug-likeness (QED) is 0.807. The average Bonchev–Trinajstić information content (AvgIpc) is 2.92. The lowest BCUT2D eigenvalue weighted by Gasteiger charge is -2.13. The van der Waals surface area contributed by atoms with Gasteiger partial charge in [0.1, 0.15) is 0 Å². The van der Waals surface area contributed by atoms with Gasteiger partial charge in [0.2, 0.25) is 0 Å². The van der Waals surface area contributed by atoms with E-state index in [4.69, 9.17) is 4.52 Å². The molecular weight excluding hydrogens is 305 g/mol. The molecule has 0 N–H and O–H groups in total. The number of aromatic nitrogens is 2. The van der Waals surface area contributed by atoms with Crippen LogP contribution < -0.4 is 5.56 Å². The molecule has 0 fully saturated rings. The Morgan fingerprint density at radius 2 is 2.18 bits per heavy atom. The van der Waals surface area contributed by atoms with Gasteiger partial charge in [-0.25, -0.2) is 4.79 Å². The lowest BCUT2D eigenvalue weighted by atomic mass is 10.1. The molecule has 0 saturated carbocycles. The summed E-state index contributed by atoms with van der Waals surface area (Å²) in [6, 6.07) is 1.82. The number of halogens is 3. The highest BCUT2D eigenvalue weighted by Crippen LogP contribution is 2.31. The molecule has 0 atom stereocenters. The number of nitrogens with zero attached hydrogens (tertiary/aromatic N) is 2. The van der Waals surface area contributed by atoms with Crippen molar-refractivity contribution in [2.75, 3.05) is 6.61 Å². The molecule has 9 heteroatoms. The summed E-state index contributed by atoms with van der Waals surface area (Å²) >= 11 is 0. The van der Waals surface area contributed by atoms with Crippen LogP contribution in [0, 0.1) is 0 Å². The van der Waals surface area contributed by atoms with Crippen LogP contribution in [0.1, 0.15) is 28.6 Å². The van der Waals surface area contributed by atoms with E-state index < -0.39 is 28.8 Å². The predicted molar refractivity (Wildman–Crippen MR) is 67.3 cm³/mol. The first-order valence-corrected chi connectivity index (χ1v) is 6.21. The van der Waals surface area contributed by atoms with E-state index in [-0.39, 0.29) is 18.9 Å². The zero-order chi connectivity index (χ0) is 16.3. The molecule has 118 valence electrons. The first kappa shape index (κ1) is 15.8. The van der Waals surface area contributed by atoms with Crippen LogP contribution in [0.15, 0.2) is 33.8 Å². The Labute approximate surface area is 122 Å².